The van der Waals surface area contributed by atoms with Crippen molar-refractivity contribution in [2.45, 2.75) is 26.7 Å². The Balaban J connectivity index is 1.82. The van der Waals surface area contributed by atoms with Gasteiger partial charge in [-0.05, 0) is 45.7 Å². The Labute approximate surface area is 96.9 Å². The molecule has 1 atom stereocenters. The van der Waals surface area contributed by atoms with Crippen molar-refractivity contribution in [3.8, 4) is 0 Å². The van der Waals surface area contributed by atoms with E-state index >= 15 is 0 Å². The monoisotopic (exact) mass is 220 g/mol. The van der Waals surface area contributed by atoms with E-state index in [1.807, 2.05) is 13.8 Å². The zero-order chi connectivity index (χ0) is 11.4. The number of nitrogens with zero attached hydrogens (tertiary/aromatic N) is 2. The number of aryl methyl sites for hydroxylation is 2. The van der Waals surface area contributed by atoms with Crippen LogP contribution < -0.4 is 10.6 Å². The number of rotatable bonds is 4. The minimum atomic E-state index is 0.825. The van der Waals surface area contributed by atoms with Crippen LogP contribution in [0.4, 0.5) is 5.82 Å². The molecule has 4 heteroatoms. The van der Waals surface area contributed by atoms with Crippen molar-refractivity contribution < 1.29 is 0 Å². The molecule has 1 aromatic rings. The Morgan fingerprint density at radius 3 is 3.12 bits per heavy atom. The number of anilines is 1. The Bertz CT molecular complexity index is 345. The zero-order valence-corrected chi connectivity index (χ0v) is 10.1. The van der Waals surface area contributed by atoms with Crippen LogP contribution in [0.15, 0.2) is 6.20 Å². The molecule has 2 heterocycles. The van der Waals surface area contributed by atoms with Crippen LogP contribution in [0, 0.1) is 19.8 Å². The molecule has 1 unspecified atom stereocenters. The summed E-state index contributed by atoms with van der Waals surface area (Å²) in [6.45, 7) is 7.30. The first-order chi connectivity index (χ1) is 7.75. The van der Waals surface area contributed by atoms with Crippen molar-refractivity contribution in [3.05, 3.63) is 17.6 Å². The highest BCUT2D eigenvalue weighted by Crippen LogP contribution is 2.13. The van der Waals surface area contributed by atoms with Crippen LogP contribution in [-0.2, 0) is 0 Å². The molecule has 0 amide bonds. The van der Waals surface area contributed by atoms with E-state index in [1.54, 1.807) is 6.20 Å². The highest BCUT2D eigenvalue weighted by atomic mass is 15.0. The molecule has 0 spiro atoms. The van der Waals surface area contributed by atoms with Gasteiger partial charge in [-0.15, -0.1) is 0 Å². The highest BCUT2D eigenvalue weighted by molar-refractivity contribution is 5.39. The largest absolute Gasteiger partial charge is 0.369 e. The van der Waals surface area contributed by atoms with E-state index in [0.717, 1.165) is 29.7 Å². The Kier molecular flexibility index (Phi) is 3.72. The Hall–Kier alpha value is -1.16. The van der Waals surface area contributed by atoms with Gasteiger partial charge < -0.3 is 10.6 Å². The molecule has 4 nitrogen and oxygen atoms in total. The Morgan fingerprint density at radius 2 is 2.38 bits per heavy atom. The third-order valence-corrected chi connectivity index (χ3v) is 3.08. The van der Waals surface area contributed by atoms with Crippen molar-refractivity contribution in [1.29, 1.82) is 0 Å². The maximum absolute atomic E-state index is 4.45. The molecule has 1 aromatic heterocycles. The molecule has 1 aliphatic rings. The average Bonchev–Trinajstić information content (AvgIpc) is 2.76. The second-order valence-electron chi connectivity index (χ2n) is 4.52. The minimum Gasteiger partial charge on any atom is -0.369 e. The molecule has 0 aromatic carbocycles. The summed E-state index contributed by atoms with van der Waals surface area (Å²) in [5.74, 6) is 1.76. The van der Waals surface area contributed by atoms with Crippen molar-refractivity contribution in [1.82, 2.24) is 15.3 Å². The molecule has 0 saturated carbocycles. The predicted octanol–water partition coefficient (Wildman–Crippen LogP) is 1.50. The third kappa shape index (κ3) is 2.92. The second-order valence-corrected chi connectivity index (χ2v) is 4.52. The minimum absolute atomic E-state index is 0.825. The van der Waals surface area contributed by atoms with Crippen LogP contribution in [0.1, 0.15) is 24.2 Å². The van der Waals surface area contributed by atoms with Crippen molar-refractivity contribution in [3.63, 3.8) is 0 Å². The van der Waals surface area contributed by atoms with Crippen LogP contribution >= 0.6 is 0 Å². The van der Waals surface area contributed by atoms with Crippen LogP contribution in [-0.4, -0.2) is 29.6 Å². The van der Waals surface area contributed by atoms with E-state index in [0.29, 0.717) is 0 Å². The molecular formula is C12H20N4. The van der Waals surface area contributed by atoms with Gasteiger partial charge in [-0.25, -0.2) is 4.98 Å². The van der Waals surface area contributed by atoms with Gasteiger partial charge in [-0.2, -0.15) is 0 Å². The highest BCUT2D eigenvalue weighted by Gasteiger charge is 2.13. The summed E-state index contributed by atoms with van der Waals surface area (Å²) in [6, 6.07) is 0. The molecule has 0 radical (unpaired) electrons. The van der Waals surface area contributed by atoms with Crippen LogP contribution in [0.25, 0.3) is 0 Å². The third-order valence-electron chi connectivity index (χ3n) is 3.08. The average molecular weight is 220 g/mol. The summed E-state index contributed by atoms with van der Waals surface area (Å²) in [5, 5.41) is 6.77. The summed E-state index contributed by atoms with van der Waals surface area (Å²) in [7, 11) is 0. The van der Waals surface area contributed by atoms with Gasteiger partial charge in [0.2, 0.25) is 0 Å². The number of nitrogens with one attached hydrogen (secondary N) is 2. The van der Waals surface area contributed by atoms with Gasteiger partial charge in [0.1, 0.15) is 5.82 Å². The summed E-state index contributed by atoms with van der Waals surface area (Å²) >= 11 is 0. The van der Waals surface area contributed by atoms with Crippen LogP contribution in [0.3, 0.4) is 0 Å². The maximum Gasteiger partial charge on any atom is 0.147 e. The normalized spacial score (nSPS) is 20.0. The van der Waals surface area contributed by atoms with Gasteiger partial charge in [-0.1, -0.05) is 0 Å². The fraction of sp³-hybridized carbons (Fsp3) is 0.667. The maximum atomic E-state index is 4.45. The molecule has 1 fully saturated rings. The summed E-state index contributed by atoms with van der Waals surface area (Å²) in [6.07, 6.45) is 4.32. The molecule has 0 aliphatic carbocycles. The van der Waals surface area contributed by atoms with Crippen molar-refractivity contribution in [2.24, 2.45) is 5.92 Å². The Morgan fingerprint density at radius 1 is 1.50 bits per heavy atom. The van der Waals surface area contributed by atoms with E-state index < -0.39 is 0 Å². The number of hydrogen-bond acceptors (Lipinski definition) is 4. The second kappa shape index (κ2) is 5.25. The fourth-order valence-electron chi connectivity index (χ4n) is 2.06. The molecule has 0 bridgehead atoms. The topological polar surface area (TPSA) is 49.8 Å². The number of aromatic nitrogens is 2. The van der Waals surface area contributed by atoms with Gasteiger partial charge >= 0.3 is 0 Å². The summed E-state index contributed by atoms with van der Waals surface area (Å²) < 4.78 is 0. The predicted molar refractivity (Wildman–Crippen MR) is 65.6 cm³/mol. The van der Waals surface area contributed by atoms with E-state index in [9.17, 15) is 0 Å². The molecular weight excluding hydrogens is 200 g/mol. The molecule has 1 saturated heterocycles. The first kappa shape index (κ1) is 11.3. The standard InChI is InChI=1S/C12H20N4/c1-9-7-15-10(2)12(16-9)14-6-4-11-3-5-13-8-11/h7,11,13H,3-6,8H2,1-2H3,(H,14,16). The van der Waals surface area contributed by atoms with Gasteiger partial charge in [0.25, 0.3) is 0 Å². The van der Waals surface area contributed by atoms with Crippen LogP contribution in [0.2, 0.25) is 0 Å². The van der Waals surface area contributed by atoms with Gasteiger partial charge in [0.05, 0.1) is 11.4 Å². The molecule has 2 rings (SSSR count). The first-order valence-electron chi connectivity index (χ1n) is 6.00. The fourth-order valence-corrected chi connectivity index (χ4v) is 2.06. The van der Waals surface area contributed by atoms with Crippen molar-refractivity contribution >= 4 is 5.82 Å². The lowest BCUT2D eigenvalue weighted by molar-refractivity contribution is 0.548. The van der Waals surface area contributed by atoms with Gasteiger partial charge in [0.15, 0.2) is 0 Å². The lowest BCUT2D eigenvalue weighted by atomic mass is 10.1. The van der Waals surface area contributed by atoms with Crippen LogP contribution in [0.5, 0.6) is 0 Å². The van der Waals surface area contributed by atoms with Gasteiger partial charge in [-0.3, -0.25) is 4.98 Å². The van der Waals surface area contributed by atoms with E-state index in [2.05, 4.69) is 20.6 Å². The molecule has 1 aliphatic heterocycles. The van der Waals surface area contributed by atoms with E-state index in [1.165, 1.54) is 25.9 Å². The zero-order valence-electron chi connectivity index (χ0n) is 10.1. The lowest BCUT2D eigenvalue weighted by Crippen LogP contribution is -2.14. The molecule has 2 N–H and O–H groups in total. The van der Waals surface area contributed by atoms with Gasteiger partial charge in [0, 0.05) is 12.7 Å². The lowest BCUT2D eigenvalue weighted by Gasteiger charge is -2.11. The first-order valence-corrected chi connectivity index (χ1v) is 6.00. The van der Waals surface area contributed by atoms with Crippen molar-refractivity contribution in [2.75, 3.05) is 25.0 Å². The number of hydrogen-bond donors (Lipinski definition) is 2. The molecule has 16 heavy (non-hydrogen) atoms. The van der Waals surface area contributed by atoms with E-state index in [-0.39, 0.29) is 0 Å². The smallest absolute Gasteiger partial charge is 0.147 e. The summed E-state index contributed by atoms with van der Waals surface area (Å²) in [5.41, 5.74) is 1.95. The SMILES string of the molecule is Cc1cnc(C)c(NCCC2CCNC2)n1. The van der Waals surface area contributed by atoms with E-state index in [4.69, 9.17) is 0 Å². The summed E-state index contributed by atoms with van der Waals surface area (Å²) in [4.78, 5) is 8.74. The quantitative estimate of drug-likeness (QED) is 0.807. The molecule has 88 valence electrons.